The topological polar surface area (TPSA) is 87.9 Å². The van der Waals surface area contributed by atoms with E-state index >= 15 is 0 Å². The number of carbonyl (C=O) groups excluding carboxylic acids is 1. The molecule has 1 amide bonds. The number of halogens is 1. The van der Waals surface area contributed by atoms with E-state index in [2.05, 4.69) is 37.9 Å². The van der Waals surface area contributed by atoms with Gasteiger partial charge < -0.3 is 10.1 Å². The molecule has 3 rings (SSSR count). The number of aromatic nitrogens is 2. The van der Waals surface area contributed by atoms with E-state index < -0.39 is 0 Å². The quantitative estimate of drug-likeness (QED) is 0.727. The van der Waals surface area contributed by atoms with Crippen LogP contribution < -0.4 is 10.1 Å². The number of carbonyl (C=O) groups is 1. The third-order valence-electron chi connectivity index (χ3n) is 4.18. The molecule has 1 aliphatic carbocycles. The third kappa shape index (κ3) is 4.45. The summed E-state index contributed by atoms with van der Waals surface area (Å²) < 4.78 is 6.77. The third-order valence-corrected chi connectivity index (χ3v) is 5.12. The molecule has 0 unspecified atom stereocenters. The van der Waals surface area contributed by atoms with E-state index in [1.165, 1.54) is 12.4 Å². The number of ether oxygens (including phenoxy) is 1. The lowest BCUT2D eigenvalue weighted by Crippen LogP contribution is -2.40. The van der Waals surface area contributed by atoms with Crippen molar-refractivity contribution in [1.29, 1.82) is 5.26 Å². The van der Waals surface area contributed by atoms with Crippen LogP contribution in [0, 0.1) is 14.9 Å². The summed E-state index contributed by atoms with van der Waals surface area (Å²) >= 11 is 2.17. The summed E-state index contributed by atoms with van der Waals surface area (Å²) in [6.07, 6.45) is 6.26. The Morgan fingerprint density at radius 3 is 2.64 bits per heavy atom. The van der Waals surface area contributed by atoms with Crippen molar-refractivity contribution in [3.05, 3.63) is 51.5 Å². The van der Waals surface area contributed by atoms with Crippen LogP contribution in [0.4, 0.5) is 0 Å². The number of hydrogen-bond donors (Lipinski definition) is 1. The molecule has 0 radical (unpaired) electrons. The van der Waals surface area contributed by atoms with Crippen LogP contribution in [0.1, 0.15) is 41.7 Å². The van der Waals surface area contributed by atoms with E-state index in [1.54, 1.807) is 0 Å². The lowest BCUT2D eigenvalue weighted by atomic mass is 9.92. The minimum absolute atomic E-state index is 0.00573. The van der Waals surface area contributed by atoms with Crippen LogP contribution in [0.5, 0.6) is 5.88 Å². The fourth-order valence-electron chi connectivity index (χ4n) is 2.88. The Labute approximate surface area is 159 Å². The number of nitrogens with one attached hydrogen (secondary N) is 1. The SMILES string of the molecule is N#Cc1nccnc1OC1CCC(NC(=O)c2ccccc2I)CC1. The van der Waals surface area contributed by atoms with E-state index in [9.17, 15) is 4.79 Å². The summed E-state index contributed by atoms with van der Waals surface area (Å²) in [5.41, 5.74) is 0.913. The molecule has 0 bridgehead atoms. The zero-order chi connectivity index (χ0) is 17.6. The van der Waals surface area contributed by atoms with E-state index in [0.29, 0.717) is 5.56 Å². The maximum absolute atomic E-state index is 12.4. The molecule has 0 atom stereocenters. The van der Waals surface area contributed by atoms with Crippen LogP contribution in [0.15, 0.2) is 36.7 Å². The van der Waals surface area contributed by atoms with Gasteiger partial charge in [0.05, 0.1) is 5.56 Å². The summed E-state index contributed by atoms with van der Waals surface area (Å²) in [5.74, 6) is 0.256. The van der Waals surface area contributed by atoms with E-state index in [1.807, 2.05) is 30.3 Å². The molecule has 1 aromatic heterocycles. The van der Waals surface area contributed by atoms with Crippen LogP contribution in [0.2, 0.25) is 0 Å². The van der Waals surface area contributed by atoms with Crippen molar-refractivity contribution in [1.82, 2.24) is 15.3 Å². The Balaban J connectivity index is 1.53. The highest BCUT2D eigenvalue weighted by Gasteiger charge is 2.25. The first kappa shape index (κ1) is 17.6. The second kappa shape index (κ2) is 8.25. The van der Waals surface area contributed by atoms with Crippen molar-refractivity contribution in [3.63, 3.8) is 0 Å². The fourth-order valence-corrected chi connectivity index (χ4v) is 3.51. The summed E-state index contributed by atoms with van der Waals surface area (Å²) in [4.78, 5) is 20.4. The molecular formula is C18H17IN4O2. The van der Waals surface area contributed by atoms with Crippen LogP contribution in [-0.4, -0.2) is 28.0 Å². The monoisotopic (exact) mass is 448 g/mol. The van der Waals surface area contributed by atoms with Gasteiger partial charge in [0.2, 0.25) is 5.69 Å². The van der Waals surface area contributed by atoms with Crippen molar-refractivity contribution in [3.8, 4) is 11.9 Å². The van der Waals surface area contributed by atoms with Crippen LogP contribution >= 0.6 is 22.6 Å². The van der Waals surface area contributed by atoms with Gasteiger partial charge in [0.1, 0.15) is 12.2 Å². The van der Waals surface area contributed by atoms with Gasteiger partial charge in [-0.15, -0.1) is 0 Å². The van der Waals surface area contributed by atoms with Gasteiger partial charge in [0.25, 0.3) is 11.8 Å². The smallest absolute Gasteiger partial charge is 0.252 e. The van der Waals surface area contributed by atoms with Gasteiger partial charge >= 0.3 is 0 Å². The average molecular weight is 448 g/mol. The number of amides is 1. The standard InChI is InChI=1S/C18H17IN4O2/c19-15-4-2-1-3-14(15)17(24)23-12-5-7-13(8-6-12)25-18-16(11-20)21-9-10-22-18/h1-4,9-10,12-13H,5-8H2,(H,23,24). The zero-order valence-corrected chi connectivity index (χ0v) is 15.6. The summed E-state index contributed by atoms with van der Waals surface area (Å²) in [6.45, 7) is 0. The number of hydrogen-bond acceptors (Lipinski definition) is 5. The minimum atomic E-state index is -0.0324. The maximum Gasteiger partial charge on any atom is 0.252 e. The number of nitriles is 1. The Kier molecular flexibility index (Phi) is 5.81. The molecule has 1 aromatic carbocycles. The van der Waals surface area contributed by atoms with Crippen molar-refractivity contribution < 1.29 is 9.53 Å². The molecule has 0 saturated heterocycles. The molecule has 1 aliphatic rings. The first-order valence-corrected chi connectivity index (χ1v) is 9.18. The number of nitrogens with zero attached hydrogens (tertiary/aromatic N) is 3. The van der Waals surface area contributed by atoms with Gasteiger partial charge in [-0.05, 0) is 60.4 Å². The van der Waals surface area contributed by atoms with Gasteiger partial charge in [0.15, 0.2) is 0 Å². The van der Waals surface area contributed by atoms with Crippen molar-refractivity contribution in [2.75, 3.05) is 0 Å². The average Bonchev–Trinajstić information content (AvgIpc) is 2.64. The predicted molar refractivity (Wildman–Crippen MR) is 100 cm³/mol. The molecule has 0 spiro atoms. The Morgan fingerprint density at radius 1 is 1.20 bits per heavy atom. The largest absolute Gasteiger partial charge is 0.472 e. The van der Waals surface area contributed by atoms with Gasteiger partial charge in [-0.3, -0.25) is 4.79 Å². The normalized spacial score (nSPS) is 19.7. The van der Waals surface area contributed by atoms with Crippen molar-refractivity contribution in [2.24, 2.45) is 0 Å². The Hall–Kier alpha value is -2.21. The van der Waals surface area contributed by atoms with E-state index in [4.69, 9.17) is 10.00 Å². The molecule has 1 heterocycles. The Morgan fingerprint density at radius 2 is 1.92 bits per heavy atom. The first-order chi connectivity index (χ1) is 12.2. The van der Waals surface area contributed by atoms with E-state index in [-0.39, 0.29) is 29.6 Å². The summed E-state index contributed by atoms with van der Waals surface area (Å²) in [7, 11) is 0. The van der Waals surface area contributed by atoms with Crippen LogP contribution in [0.3, 0.4) is 0 Å². The number of benzene rings is 1. The molecule has 128 valence electrons. The van der Waals surface area contributed by atoms with Gasteiger partial charge in [-0.25, -0.2) is 9.97 Å². The van der Waals surface area contributed by atoms with Crippen LogP contribution in [0.25, 0.3) is 0 Å². The molecule has 7 heteroatoms. The second-order valence-corrected chi connectivity index (χ2v) is 7.03. The molecule has 1 fully saturated rings. The lowest BCUT2D eigenvalue weighted by Gasteiger charge is -2.29. The van der Waals surface area contributed by atoms with E-state index in [0.717, 1.165) is 29.3 Å². The predicted octanol–water partition coefficient (Wildman–Crippen LogP) is 3.07. The maximum atomic E-state index is 12.4. The molecule has 1 N–H and O–H groups in total. The van der Waals surface area contributed by atoms with Crippen molar-refractivity contribution >= 4 is 28.5 Å². The van der Waals surface area contributed by atoms with Gasteiger partial charge in [0, 0.05) is 22.0 Å². The molecule has 1 saturated carbocycles. The first-order valence-electron chi connectivity index (χ1n) is 8.10. The fraction of sp³-hybridized carbons (Fsp3) is 0.333. The minimum Gasteiger partial charge on any atom is -0.472 e. The zero-order valence-electron chi connectivity index (χ0n) is 13.5. The van der Waals surface area contributed by atoms with Gasteiger partial charge in [-0.1, -0.05) is 12.1 Å². The highest BCUT2D eigenvalue weighted by molar-refractivity contribution is 14.1. The highest BCUT2D eigenvalue weighted by Crippen LogP contribution is 2.24. The molecule has 2 aromatic rings. The molecule has 0 aliphatic heterocycles. The molecule has 25 heavy (non-hydrogen) atoms. The molecule has 6 nitrogen and oxygen atoms in total. The molecular weight excluding hydrogens is 431 g/mol. The lowest BCUT2D eigenvalue weighted by molar-refractivity contribution is 0.0888. The summed E-state index contributed by atoms with van der Waals surface area (Å²) in [6, 6.07) is 9.68. The highest BCUT2D eigenvalue weighted by atomic mass is 127. The Bertz CT molecular complexity index is 798. The van der Waals surface area contributed by atoms with Crippen molar-refractivity contribution in [2.45, 2.75) is 37.8 Å². The summed E-state index contributed by atoms with van der Waals surface area (Å²) in [5, 5.41) is 12.1. The van der Waals surface area contributed by atoms with Crippen LogP contribution in [-0.2, 0) is 0 Å². The second-order valence-electron chi connectivity index (χ2n) is 5.87. The number of rotatable bonds is 4. The van der Waals surface area contributed by atoms with Gasteiger partial charge in [-0.2, -0.15) is 5.26 Å².